The summed E-state index contributed by atoms with van der Waals surface area (Å²) >= 11 is 17.9. The number of thiocarbonyl (C=S) groups is 1. The van der Waals surface area contributed by atoms with Crippen LogP contribution in [-0.4, -0.2) is 41.1 Å². The molecule has 3 rings (SSSR count). The van der Waals surface area contributed by atoms with E-state index in [1.54, 1.807) is 43.3 Å². The summed E-state index contributed by atoms with van der Waals surface area (Å²) in [5, 5.41) is 0.949. The molecule has 2 aromatic rings. The van der Waals surface area contributed by atoms with Crippen LogP contribution in [0.4, 0.5) is 5.69 Å². The Bertz CT molecular complexity index is 1120. The largest absolute Gasteiger partial charge is 0.490 e. The van der Waals surface area contributed by atoms with E-state index in [1.807, 2.05) is 20.8 Å². The zero-order valence-corrected chi connectivity index (χ0v) is 21.1. The lowest BCUT2D eigenvalue weighted by Crippen LogP contribution is -2.56. The maximum atomic E-state index is 13.4. The predicted molar refractivity (Wildman–Crippen MR) is 135 cm³/mol. The molecule has 2 aromatic carbocycles. The number of benzene rings is 2. The van der Waals surface area contributed by atoms with Gasteiger partial charge >= 0.3 is 0 Å². The van der Waals surface area contributed by atoms with Crippen LogP contribution in [0.25, 0.3) is 6.08 Å². The zero-order valence-electron chi connectivity index (χ0n) is 18.7. The maximum absolute atomic E-state index is 13.4. The van der Waals surface area contributed by atoms with Gasteiger partial charge in [-0.25, -0.2) is 0 Å². The molecular formula is C24H24Cl2N2O4S. The molecule has 0 aliphatic carbocycles. The minimum absolute atomic E-state index is 0.0450. The summed E-state index contributed by atoms with van der Waals surface area (Å²) in [6, 6.07) is 9.99. The second-order valence-corrected chi connectivity index (χ2v) is 8.65. The van der Waals surface area contributed by atoms with E-state index < -0.39 is 11.8 Å². The summed E-state index contributed by atoms with van der Waals surface area (Å²) in [6.07, 6.45) is 1.38. The summed E-state index contributed by atoms with van der Waals surface area (Å²) in [5.74, 6) is -0.169. The Balaban J connectivity index is 2.10. The van der Waals surface area contributed by atoms with E-state index in [9.17, 15) is 9.59 Å². The van der Waals surface area contributed by atoms with Crippen LogP contribution in [0.2, 0.25) is 10.0 Å². The highest BCUT2D eigenvalue weighted by Gasteiger charge is 2.39. The molecule has 0 radical (unpaired) electrons. The van der Waals surface area contributed by atoms with Crippen molar-refractivity contribution in [2.45, 2.75) is 33.8 Å². The zero-order chi connectivity index (χ0) is 24.3. The van der Waals surface area contributed by atoms with Gasteiger partial charge in [0.2, 0.25) is 0 Å². The fourth-order valence-corrected chi connectivity index (χ4v) is 4.11. The molecule has 1 aliphatic heterocycles. The van der Waals surface area contributed by atoms with Crippen molar-refractivity contribution in [2.75, 3.05) is 18.1 Å². The van der Waals surface area contributed by atoms with E-state index in [-0.39, 0.29) is 16.8 Å². The first kappa shape index (κ1) is 25.0. The Morgan fingerprint density at radius 1 is 1.06 bits per heavy atom. The topological polar surface area (TPSA) is 59.1 Å². The number of hydrogen-bond acceptors (Lipinski definition) is 5. The normalized spacial score (nSPS) is 15.6. The Hall–Kier alpha value is -2.61. The quantitative estimate of drug-likeness (QED) is 0.272. The predicted octanol–water partition coefficient (Wildman–Crippen LogP) is 5.74. The highest BCUT2D eigenvalue weighted by Crippen LogP contribution is 2.38. The summed E-state index contributed by atoms with van der Waals surface area (Å²) in [4.78, 5) is 29.2. The molecule has 0 unspecified atom stereocenters. The molecule has 1 heterocycles. The number of carbonyl (C=O) groups excluding carboxylic acids is 2. The number of carbonyl (C=O) groups is 2. The smallest absolute Gasteiger partial charge is 0.270 e. The van der Waals surface area contributed by atoms with Crippen LogP contribution in [-0.2, 0) is 9.59 Å². The molecule has 1 saturated heterocycles. The second kappa shape index (κ2) is 10.5. The summed E-state index contributed by atoms with van der Waals surface area (Å²) < 4.78 is 11.5. The van der Waals surface area contributed by atoms with Gasteiger partial charge in [-0.05, 0) is 88.0 Å². The van der Waals surface area contributed by atoms with Crippen LogP contribution < -0.4 is 14.4 Å². The average molecular weight is 507 g/mol. The van der Waals surface area contributed by atoms with Crippen molar-refractivity contribution in [1.29, 1.82) is 0 Å². The standard InChI is InChI=1S/C24H24Cl2N2O4S/c1-5-27-22(29)18(23(30)28(24(27)33)17-9-7-16(25)8-10-17)11-15-12-19(26)21(32-14(3)4)20(13-15)31-6-2/h7-14H,5-6H2,1-4H3/b18-11+. The summed E-state index contributed by atoms with van der Waals surface area (Å²) in [5.41, 5.74) is 0.993. The van der Waals surface area contributed by atoms with E-state index in [4.69, 9.17) is 44.9 Å². The Morgan fingerprint density at radius 3 is 2.30 bits per heavy atom. The second-order valence-electron chi connectivity index (χ2n) is 7.44. The van der Waals surface area contributed by atoms with Gasteiger partial charge in [-0.1, -0.05) is 23.2 Å². The third-order valence-electron chi connectivity index (χ3n) is 4.73. The summed E-state index contributed by atoms with van der Waals surface area (Å²) in [6.45, 7) is 8.10. The number of halogens is 2. The van der Waals surface area contributed by atoms with Gasteiger partial charge in [-0.2, -0.15) is 0 Å². The molecule has 1 fully saturated rings. The Morgan fingerprint density at radius 2 is 1.73 bits per heavy atom. The fourth-order valence-electron chi connectivity index (χ4n) is 3.32. The van der Waals surface area contributed by atoms with Crippen LogP contribution in [0.5, 0.6) is 11.5 Å². The lowest BCUT2D eigenvalue weighted by molar-refractivity contribution is -0.127. The van der Waals surface area contributed by atoms with E-state index in [0.717, 1.165) is 0 Å². The van der Waals surface area contributed by atoms with Gasteiger partial charge in [0, 0.05) is 11.6 Å². The van der Waals surface area contributed by atoms with Crippen LogP contribution in [0.3, 0.4) is 0 Å². The molecule has 0 saturated carbocycles. The van der Waals surface area contributed by atoms with Crippen molar-refractivity contribution in [3.63, 3.8) is 0 Å². The lowest BCUT2D eigenvalue weighted by Gasteiger charge is -2.36. The molecule has 174 valence electrons. The van der Waals surface area contributed by atoms with Crippen molar-refractivity contribution in [2.24, 2.45) is 0 Å². The molecule has 0 atom stereocenters. The molecule has 1 aliphatic rings. The van der Waals surface area contributed by atoms with Gasteiger partial charge in [0.15, 0.2) is 16.6 Å². The van der Waals surface area contributed by atoms with Crippen molar-refractivity contribution in [1.82, 2.24) is 4.90 Å². The number of nitrogens with zero attached hydrogens (tertiary/aromatic N) is 2. The highest BCUT2D eigenvalue weighted by molar-refractivity contribution is 7.80. The number of likely N-dealkylation sites (N-methyl/N-ethyl adjacent to an activating group) is 1. The van der Waals surface area contributed by atoms with E-state index in [2.05, 4.69) is 0 Å². The van der Waals surface area contributed by atoms with Crippen LogP contribution in [0.1, 0.15) is 33.3 Å². The van der Waals surface area contributed by atoms with Crippen molar-refractivity contribution in [3.8, 4) is 11.5 Å². The summed E-state index contributed by atoms with van der Waals surface area (Å²) in [7, 11) is 0. The number of anilines is 1. The number of rotatable bonds is 7. The first-order valence-electron chi connectivity index (χ1n) is 10.5. The Kier molecular flexibility index (Phi) is 8.00. The van der Waals surface area contributed by atoms with Gasteiger partial charge in [-0.3, -0.25) is 19.4 Å². The van der Waals surface area contributed by atoms with Crippen LogP contribution in [0, 0.1) is 0 Å². The van der Waals surface area contributed by atoms with Gasteiger partial charge in [0.25, 0.3) is 11.8 Å². The molecule has 6 nitrogen and oxygen atoms in total. The van der Waals surface area contributed by atoms with Gasteiger partial charge in [-0.15, -0.1) is 0 Å². The van der Waals surface area contributed by atoms with Crippen molar-refractivity contribution in [3.05, 3.63) is 57.6 Å². The fraction of sp³-hybridized carbons (Fsp3) is 0.292. The third-order valence-corrected chi connectivity index (χ3v) is 5.66. The molecule has 0 spiro atoms. The first-order valence-corrected chi connectivity index (χ1v) is 11.6. The SMILES string of the molecule is CCOc1cc(/C=C2\C(=O)N(CC)C(=S)N(c3ccc(Cl)cc3)C2=O)cc(Cl)c1OC(C)C. The van der Waals surface area contributed by atoms with Crippen LogP contribution in [0.15, 0.2) is 42.0 Å². The third kappa shape index (κ3) is 5.32. The van der Waals surface area contributed by atoms with Crippen molar-refractivity contribution < 1.29 is 19.1 Å². The molecule has 9 heteroatoms. The van der Waals surface area contributed by atoms with Crippen molar-refractivity contribution >= 4 is 64.1 Å². The Labute approximate surface area is 208 Å². The number of hydrogen-bond donors (Lipinski definition) is 0. The molecule has 0 aromatic heterocycles. The van der Waals surface area contributed by atoms with E-state index >= 15 is 0 Å². The molecule has 0 bridgehead atoms. The number of amides is 2. The number of ether oxygens (including phenoxy) is 2. The van der Waals surface area contributed by atoms with E-state index in [1.165, 1.54) is 15.9 Å². The molecule has 0 N–H and O–H groups in total. The minimum Gasteiger partial charge on any atom is -0.490 e. The van der Waals surface area contributed by atoms with E-state index in [0.29, 0.717) is 45.9 Å². The molecule has 33 heavy (non-hydrogen) atoms. The molecular weight excluding hydrogens is 483 g/mol. The first-order chi connectivity index (χ1) is 15.7. The monoisotopic (exact) mass is 506 g/mol. The van der Waals surface area contributed by atoms with Gasteiger partial charge in [0.05, 0.1) is 23.4 Å². The van der Waals surface area contributed by atoms with Gasteiger partial charge < -0.3 is 9.47 Å². The van der Waals surface area contributed by atoms with Crippen LogP contribution >= 0.6 is 35.4 Å². The minimum atomic E-state index is -0.534. The average Bonchev–Trinajstić information content (AvgIpc) is 2.75. The molecule has 2 amide bonds. The maximum Gasteiger partial charge on any atom is 0.270 e. The highest BCUT2D eigenvalue weighted by atomic mass is 35.5. The van der Waals surface area contributed by atoms with Gasteiger partial charge in [0.1, 0.15) is 5.57 Å². The lowest BCUT2D eigenvalue weighted by atomic mass is 10.0.